The number of methoxy groups -OCH3 is 1. The topological polar surface area (TPSA) is 64.3 Å². The Kier molecular flexibility index (Phi) is 4.31. The third kappa shape index (κ3) is 3.24. The summed E-state index contributed by atoms with van der Waals surface area (Å²) in [5.41, 5.74) is 6.61. The van der Waals surface area contributed by atoms with Gasteiger partial charge in [0.1, 0.15) is 0 Å². The molecular weight excluding hydrogens is 204 g/mol. The van der Waals surface area contributed by atoms with E-state index in [9.17, 15) is 4.79 Å². The van der Waals surface area contributed by atoms with Crippen LogP contribution in [0.15, 0.2) is 24.3 Å². The number of carbonyl (C=O) groups is 1. The Morgan fingerprint density at radius 1 is 1.31 bits per heavy atom. The van der Waals surface area contributed by atoms with Gasteiger partial charge in [-0.1, -0.05) is 0 Å². The molecule has 2 unspecified atom stereocenters. The van der Waals surface area contributed by atoms with E-state index in [0.717, 1.165) is 5.69 Å². The predicted octanol–water partition coefficient (Wildman–Crippen LogP) is 1.62. The fourth-order valence-electron chi connectivity index (χ4n) is 1.32. The van der Waals surface area contributed by atoms with Crippen LogP contribution in [0.25, 0.3) is 0 Å². The molecule has 1 aromatic rings. The van der Waals surface area contributed by atoms with Crippen LogP contribution in [-0.4, -0.2) is 25.2 Å². The zero-order chi connectivity index (χ0) is 12.1. The largest absolute Gasteiger partial charge is 0.380 e. The van der Waals surface area contributed by atoms with Crippen molar-refractivity contribution in [2.75, 3.05) is 12.4 Å². The van der Waals surface area contributed by atoms with Crippen LogP contribution < -0.4 is 11.1 Å². The third-order valence-corrected chi connectivity index (χ3v) is 2.64. The molecule has 88 valence electrons. The van der Waals surface area contributed by atoms with Crippen molar-refractivity contribution in [1.29, 1.82) is 0 Å². The maximum absolute atomic E-state index is 10.9. The van der Waals surface area contributed by atoms with E-state index >= 15 is 0 Å². The number of benzene rings is 1. The van der Waals surface area contributed by atoms with Crippen LogP contribution in [-0.2, 0) is 4.74 Å². The van der Waals surface area contributed by atoms with Crippen LogP contribution >= 0.6 is 0 Å². The van der Waals surface area contributed by atoms with Crippen molar-refractivity contribution < 1.29 is 9.53 Å². The molecule has 0 fully saturated rings. The highest BCUT2D eigenvalue weighted by atomic mass is 16.5. The maximum Gasteiger partial charge on any atom is 0.248 e. The second-order valence-corrected chi connectivity index (χ2v) is 3.82. The Morgan fingerprint density at radius 2 is 1.88 bits per heavy atom. The molecule has 4 nitrogen and oxygen atoms in total. The first-order chi connectivity index (χ1) is 7.54. The molecule has 0 aliphatic carbocycles. The molecule has 0 heterocycles. The standard InChI is InChI=1S/C12H18N2O2/c1-8(9(2)16-3)14-11-6-4-10(5-7-11)12(13)15/h4-9,14H,1-3H3,(H2,13,15). The molecule has 3 N–H and O–H groups in total. The summed E-state index contributed by atoms with van der Waals surface area (Å²) in [4.78, 5) is 10.9. The second-order valence-electron chi connectivity index (χ2n) is 3.82. The lowest BCUT2D eigenvalue weighted by molar-refractivity contribution is 0.1000. The third-order valence-electron chi connectivity index (χ3n) is 2.64. The smallest absolute Gasteiger partial charge is 0.248 e. The number of carbonyl (C=O) groups excluding carboxylic acids is 1. The van der Waals surface area contributed by atoms with Crippen LogP contribution in [0.2, 0.25) is 0 Å². The molecule has 0 aliphatic heterocycles. The van der Waals surface area contributed by atoms with E-state index in [1.807, 2.05) is 26.0 Å². The number of hydrogen-bond donors (Lipinski definition) is 2. The van der Waals surface area contributed by atoms with Gasteiger partial charge in [-0.05, 0) is 38.1 Å². The van der Waals surface area contributed by atoms with Crippen LogP contribution in [0, 0.1) is 0 Å². The Morgan fingerprint density at radius 3 is 2.31 bits per heavy atom. The van der Waals surface area contributed by atoms with Gasteiger partial charge in [0, 0.05) is 24.4 Å². The van der Waals surface area contributed by atoms with Gasteiger partial charge in [0.15, 0.2) is 0 Å². The summed E-state index contributed by atoms with van der Waals surface area (Å²) >= 11 is 0. The minimum absolute atomic E-state index is 0.121. The van der Waals surface area contributed by atoms with Gasteiger partial charge in [-0.25, -0.2) is 0 Å². The lowest BCUT2D eigenvalue weighted by Crippen LogP contribution is -2.29. The summed E-state index contributed by atoms with van der Waals surface area (Å²) in [5.74, 6) is -0.412. The molecule has 16 heavy (non-hydrogen) atoms. The molecule has 2 atom stereocenters. The molecular formula is C12H18N2O2. The van der Waals surface area contributed by atoms with Crippen molar-refractivity contribution in [3.05, 3.63) is 29.8 Å². The Labute approximate surface area is 95.8 Å². The van der Waals surface area contributed by atoms with Gasteiger partial charge in [-0.15, -0.1) is 0 Å². The number of hydrogen-bond acceptors (Lipinski definition) is 3. The van der Waals surface area contributed by atoms with Gasteiger partial charge >= 0.3 is 0 Å². The Hall–Kier alpha value is -1.55. The predicted molar refractivity (Wildman–Crippen MR) is 64.5 cm³/mol. The fourth-order valence-corrected chi connectivity index (χ4v) is 1.32. The van der Waals surface area contributed by atoms with E-state index in [2.05, 4.69) is 5.32 Å². The number of amides is 1. The number of nitrogens with two attached hydrogens (primary N) is 1. The SMILES string of the molecule is COC(C)C(C)Nc1ccc(C(N)=O)cc1. The average molecular weight is 222 g/mol. The van der Waals surface area contributed by atoms with E-state index in [-0.39, 0.29) is 12.1 Å². The summed E-state index contributed by atoms with van der Waals surface area (Å²) < 4.78 is 5.21. The molecule has 0 saturated carbocycles. The molecule has 0 aromatic heterocycles. The molecule has 0 radical (unpaired) electrons. The molecule has 1 rings (SSSR count). The highest BCUT2D eigenvalue weighted by molar-refractivity contribution is 5.93. The number of anilines is 1. The summed E-state index contributed by atoms with van der Waals surface area (Å²) in [7, 11) is 1.68. The van der Waals surface area contributed by atoms with Crippen molar-refractivity contribution in [1.82, 2.24) is 0 Å². The van der Waals surface area contributed by atoms with E-state index in [1.54, 1.807) is 19.2 Å². The fraction of sp³-hybridized carbons (Fsp3) is 0.417. The number of primary amides is 1. The normalized spacial score (nSPS) is 14.2. The van der Waals surface area contributed by atoms with Crippen LogP contribution in [0.1, 0.15) is 24.2 Å². The van der Waals surface area contributed by atoms with Crippen LogP contribution in [0.4, 0.5) is 5.69 Å². The van der Waals surface area contributed by atoms with Gasteiger partial charge in [0.25, 0.3) is 0 Å². The van der Waals surface area contributed by atoms with Gasteiger partial charge in [-0.2, -0.15) is 0 Å². The molecule has 1 amide bonds. The highest BCUT2D eigenvalue weighted by Crippen LogP contribution is 2.12. The summed E-state index contributed by atoms with van der Waals surface area (Å²) in [6.45, 7) is 4.03. The monoisotopic (exact) mass is 222 g/mol. The lowest BCUT2D eigenvalue weighted by atomic mass is 10.1. The quantitative estimate of drug-likeness (QED) is 0.795. The van der Waals surface area contributed by atoms with E-state index < -0.39 is 5.91 Å². The summed E-state index contributed by atoms with van der Waals surface area (Å²) in [6, 6.07) is 7.27. The highest BCUT2D eigenvalue weighted by Gasteiger charge is 2.10. The van der Waals surface area contributed by atoms with Crippen molar-refractivity contribution in [2.24, 2.45) is 5.73 Å². The minimum atomic E-state index is -0.412. The first-order valence-electron chi connectivity index (χ1n) is 5.23. The number of ether oxygens (including phenoxy) is 1. The molecule has 0 bridgehead atoms. The van der Waals surface area contributed by atoms with Crippen molar-refractivity contribution >= 4 is 11.6 Å². The van der Waals surface area contributed by atoms with Crippen LogP contribution in [0.3, 0.4) is 0 Å². The summed E-state index contributed by atoms with van der Waals surface area (Å²) in [5, 5.41) is 3.28. The van der Waals surface area contributed by atoms with Crippen molar-refractivity contribution in [3.63, 3.8) is 0 Å². The second kappa shape index (κ2) is 5.51. The molecule has 0 spiro atoms. The van der Waals surface area contributed by atoms with Gasteiger partial charge in [0.2, 0.25) is 5.91 Å². The van der Waals surface area contributed by atoms with E-state index in [0.29, 0.717) is 5.56 Å². The summed E-state index contributed by atoms with van der Waals surface area (Å²) in [6.07, 6.45) is 0.121. The maximum atomic E-state index is 10.9. The average Bonchev–Trinajstić information content (AvgIpc) is 2.28. The zero-order valence-electron chi connectivity index (χ0n) is 9.86. The first-order valence-corrected chi connectivity index (χ1v) is 5.23. The van der Waals surface area contributed by atoms with Crippen molar-refractivity contribution in [2.45, 2.75) is 26.0 Å². The van der Waals surface area contributed by atoms with Crippen molar-refractivity contribution in [3.8, 4) is 0 Å². The van der Waals surface area contributed by atoms with E-state index in [4.69, 9.17) is 10.5 Å². The molecule has 0 aliphatic rings. The lowest BCUT2D eigenvalue weighted by Gasteiger charge is -2.21. The molecule has 0 saturated heterocycles. The van der Waals surface area contributed by atoms with Gasteiger partial charge < -0.3 is 15.8 Å². The minimum Gasteiger partial charge on any atom is -0.380 e. The molecule has 4 heteroatoms. The van der Waals surface area contributed by atoms with Gasteiger partial charge in [0.05, 0.1) is 6.10 Å². The van der Waals surface area contributed by atoms with Gasteiger partial charge in [-0.3, -0.25) is 4.79 Å². The Bertz CT molecular complexity index is 349. The number of rotatable bonds is 5. The van der Waals surface area contributed by atoms with E-state index in [1.165, 1.54) is 0 Å². The first kappa shape index (κ1) is 12.5. The Balaban J connectivity index is 2.65. The molecule has 1 aromatic carbocycles. The van der Waals surface area contributed by atoms with Crippen LogP contribution in [0.5, 0.6) is 0 Å². The number of nitrogens with one attached hydrogen (secondary N) is 1. The zero-order valence-corrected chi connectivity index (χ0v) is 9.86.